The molecule has 0 radical (unpaired) electrons. The van der Waals surface area contributed by atoms with Gasteiger partial charge < -0.3 is 10.1 Å². The second kappa shape index (κ2) is 9.27. The van der Waals surface area contributed by atoms with E-state index in [2.05, 4.69) is 5.32 Å². The number of rotatable bonds is 7. The number of anilines is 1. The smallest absolute Gasteiger partial charge is 0.341 e. The molecule has 1 heterocycles. The Morgan fingerprint density at radius 3 is 2.52 bits per heavy atom. The Kier molecular flexibility index (Phi) is 7.35. The zero-order valence-corrected chi connectivity index (χ0v) is 16.7. The molecular formula is C18H20ClNO3S2. The van der Waals surface area contributed by atoms with Crippen LogP contribution in [0.3, 0.4) is 0 Å². The lowest BCUT2D eigenvalue weighted by atomic mass is 10.1. The highest BCUT2D eigenvalue weighted by atomic mass is 35.5. The van der Waals surface area contributed by atoms with Gasteiger partial charge in [0.25, 0.3) is 0 Å². The van der Waals surface area contributed by atoms with Crippen LogP contribution >= 0.6 is 34.7 Å². The van der Waals surface area contributed by atoms with Gasteiger partial charge in [0.1, 0.15) is 5.00 Å². The number of hydrogen-bond acceptors (Lipinski definition) is 5. The molecule has 0 unspecified atom stereocenters. The van der Waals surface area contributed by atoms with Crippen LogP contribution in [-0.2, 0) is 16.0 Å². The van der Waals surface area contributed by atoms with Crippen molar-refractivity contribution < 1.29 is 14.3 Å². The van der Waals surface area contributed by atoms with Crippen LogP contribution in [0, 0.1) is 6.92 Å². The minimum absolute atomic E-state index is 0.158. The third-order valence-electron chi connectivity index (χ3n) is 3.48. The predicted octanol–water partition coefficient (Wildman–Crippen LogP) is 5.18. The van der Waals surface area contributed by atoms with Crippen molar-refractivity contribution in [1.82, 2.24) is 0 Å². The number of benzene rings is 1. The van der Waals surface area contributed by atoms with Crippen LogP contribution in [-0.4, -0.2) is 24.2 Å². The molecule has 0 aliphatic rings. The first-order valence-corrected chi connectivity index (χ1v) is 10.1. The average molecular weight is 398 g/mol. The lowest BCUT2D eigenvalue weighted by Crippen LogP contribution is -2.16. The molecule has 0 atom stereocenters. The zero-order valence-electron chi connectivity index (χ0n) is 14.3. The Morgan fingerprint density at radius 1 is 1.24 bits per heavy atom. The van der Waals surface area contributed by atoms with Crippen molar-refractivity contribution in [3.63, 3.8) is 0 Å². The van der Waals surface area contributed by atoms with Crippen molar-refractivity contribution >= 4 is 51.6 Å². The monoisotopic (exact) mass is 397 g/mol. The van der Waals surface area contributed by atoms with E-state index in [-0.39, 0.29) is 17.6 Å². The standard InChI is InChI=1S/C18H20ClNO3S2/c1-4-14-11(3)25-17(16(14)18(22)23-5-2)20-15(21)10-24-13-8-6-12(19)7-9-13/h6-9H,4-5,10H2,1-3H3,(H,20,21). The second-order valence-electron chi connectivity index (χ2n) is 5.21. The number of carbonyl (C=O) groups excluding carboxylic acids is 2. The molecule has 0 saturated carbocycles. The molecular weight excluding hydrogens is 378 g/mol. The Morgan fingerprint density at radius 2 is 1.92 bits per heavy atom. The van der Waals surface area contributed by atoms with Crippen LogP contribution in [0.15, 0.2) is 29.2 Å². The van der Waals surface area contributed by atoms with Gasteiger partial charge in [-0.15, -0.1) is 23.1 Å². The van der Waals surface area contributed by atoms with Crippen molar-refractivity contribution in [2.24, 2.45) is 0 Å². The maximum absolute atomic E-state index is 12.3. The largest absolute Gasteiger partial charge is 0.462 e. The van der Waals surface area contributed by atoms with Crippen LogP contribution in [0.2, 0.25) is 5.02 Å². The Balaban J connectivity index is 2.09. The van der Waals surface area contributed by atoms with Crippen LogP contribution < -0.4 is 5.32 Å². The minimum atomic E-state index is -0.385. The van der Waals surface area contributed by atoms with Gasteiger partial charge in [-0.3, -0.25) is 4.79 Å². The molecule has 0 aliphatic carbocycles. The third-order valence-corrected chi connectivity index (χ3v) is 5.81. The number of ether oxygens (including phenoxy) is 1. The topological polar surface area (TPSA) is 55.4 Å². The summed E-state index contributed by atoms with van der Waals surface area (Å²) in [5.74, 6) is -0.291. The summed E-state index contributed by atoms with van der Waals surface area (Å²) >= 11 is 8.68. The average Bonchev–Trinajstić information content (AvgIpc) is 2.89. The van der Waals surface area contributed by atoms with E-state index >= 15 is 0 Å². The molecule has 1 aromatic carbocycles. The van der Waals surface area contributed by atoms with E-state index in [4.69, 9.17) is 16.3 Å². The molecule has 1 amide bonds. The number of thiophene rings is 1. The van der Waals surface area contributed by atoms with Gasteiger partial charge in [-0.25, -0.2) is 4.79 Å². The van der Waals surface area contributed by atoms with Crippen molar-refractivity contribution in [1.29, 1.82) is 0 Å². The molecule has 0 bridgehead atoms. The van der Waals surface area contributed by atoms with Gasteiger partial charge >= 0.3 is 5.97 Å². The molecule has 1 N–H and O–H groups in total. The summed E-state index contributed by atoms with van der Waals surface area (Å²) < 4.78 is 5.15. The van der Waals surface area contributed by atoms with E-state index in [1.807, 2.05) is 26.0 Å². The second-order valence-corrected chi connectivity index (χ2v) is 7.92. The van der Waals surface area contributed by atoms with Gasteiger partial charge in [-0.1, -0.05) is 18.5 Å². The van der Waals surface area contributed by atoms with Crippen LogP contribution in [0.5, 0.6) is 0 Å². The van der Waals surface area contributed by atoms with E-state index in [0.29, 0.717) is 28.6 Å². The van der Waals surface area contributed by atoms with E-state index in [1.165, 1.54) is 23.1 Å². The molecule has 7 heteroatoms. The summed E-state index contributed by atoms with van der Waals surface area (Å²) in [5, 5.41) is 4.08. The summed E-state index contributed by atoms with van der Waals surface area (Å²) in [6, 6.07) is 7.32. The molecule has 2 aromatic rings. The van der Waals surface area contributed by atoms with Gasteiger partial charge in [0.15, 0.2) is 0 Å². The summed E-state index contributed by atoms with van der Waals surface area (Å²) in [7, 11) is 0. The van der Waals surface area contributed by atoms with Gasteiger partial charge in [-0.2, -0.15) is 0 Å². The Labute approximate surface area is 160 Å². The van der Waals surface area contributed by atoms with E-state index in [9.17, 15) is 9.59 Å². The Bertz CT molecular complexity index is 756. The van der Waals surface area contributed by atoms with Crippen LogP contribution in [0.4, 0.5) is 5.00 Å². The first-order valence-electron chi connectivity index (χ1n) is 7.93. The number of thioether (sulfide) groups is 1. The zero-order chi connectivity index (χ0) is 18.4. The number of hydrogen-bond donors (Lipinski definition) is 1. The van der Waals surface area contributed by atoms with Crippen LogP contribution in [0.25, 0.3) is 0 Å². The SMILES string of the molecule is CCOC(=O)c1c(NC(=O)CSc2ccc(Cl)cc2)sc(C)c1CC. The molecule has 0 saturated heterocycles. The molecule has 1 aromatic heterocycles. The quantitative estimate of drug-likeness (QED) is 0.516. The van der Waals surface area contributed by atoms with E-state index in [1.54, 1.807) is 19.1 Å². The fourth-order valence-electron chi connectivity index (χ4n) is 2.35. The molecule has 0 spiro atoms. The van der Waals surface area contributed by atoms with Crippen molar-refractivity contribution in [2.45, 2.75) is 32.1 Å². The van der Waals surface area contributed by atoms with E-state index in [0.717, 1.165) is 15.3 Å². The molecule has 25 heavy (non-hydrogen) atoms. The molecule has 4 nitrogen and oxygen atoms in total. The minimum Gasteiger partial charge on any atom is -0.462 e. The van der Waals surface area contributed by atoms with Gasteiger partial charge in [0.05, 0.1) is 17.9 Å². The summed E-state index contributed by atoms with van der Waals surface area (Å²) in [6.07, 6.45) is 0.714. The summed E-state index contributed by atoms with van der Waals surface area (Å²) in [4.78, 5) is 26.5. The number of halogens is 1. The maximum Gasteiger partial charge on any atom is 0.341 e. The lowest BCUT2D eigenvalue weighted by molar-refractivity contribution is -0.113. The van der Waals surface area contributed by atoms with Crippen molar-refractivity contribution in [3.8, 4) is 0 Å². The number of esters is 1. The Hall–Kier alpha value is -1.50. The molecule has 134 valence electrons. The van der Waals surface area contributed by atoms with Gasteiger partial charge in [0, 0.05) is 14.8 Å². The highest BCUT2D eigenvalue weighted by Gasteiger charge is 2.23. The number of nitrogens with one attached hydrogen (secondary N) is 1. The normalized spacial score (nSPS) is 10.6. The van der Waals surface area contributed by atoms with Crippen LogP contribution in [0.1, 0.15) is 34.6 Å². The fraction of sp³-hybridized carbons (Fsp3) is 0.333. The third kappa shape index (κ3) is 5.23. The molecule has 2 rings (SSSR count). The molecule has 0 fully saturated rings. The highest BCUT2D eigenvalue weighted by Crippen LogP contribution is 2.34. The summed E-state index contributed by atoms with van der Waals surface area (Å²) in [5.41, 5.74) is 1.42. The van der Waals surface area contributed by atoms with Crippen molar-refractivity contribution in [2.75, 3.05) is 17.7 Å². The first-order chi connectivity index (χ1) is 12.0. The molecule has 0 aliphatic heterocycles. The summed E-state index contributed by atoms with van der Waals surface area (Å²) in [6.45, 7) is 6.00. The maximum atomic E-state index is 12.3. The first kappa shape index (κ1) is 19.8. The predicted molar refractivity (Wildman–Crippen MR) is 105 cm³/mol. The van der Waals surface area contributed by atoms with Gasteiger partial charge in [0.2, 0.25) is 5.91 Å². The van der Waals surface area contributed by atoms with Crippen molar-refractivity contribution in [3.05, 3.63) is 45.3 Å². The van der Waals surface area contributed by atoms with Gasteiger partial charge in [-0.05, 0) is 50.1 Å². The number of aryl methyl sites for hydroxylation is 1. The fourth-order valence-corrected chi connectivity index (χ4v) is 4.33. The number of amides is 1. The highest BCUT2D eigenvalue weighted by molar-refractivity contribution is 8.00. The lowest BCUT2D eigenvalue weighted by Gasteiger charge is -2.08. The van der Waals surface area contributed by atoms with E-state index < -0.39 is 0 Å². The number of carbonyl (C=O) groups is 2.